The fraction of sp³-hybridized carbons (Fsp3) is 0.474. The van der Waals surface area contributed by atoms with Gasteiger partial charge in [0.1, 0.15) is 17.5 Å². The van der Waals surface area contributed by atoms with Gasteiger partial charge in [-0.3, -0.25) is 0 Å². The minimum absolute atomic E-state index is 0.847. The Morgan fingerprint density at radius 2 is 1.58 bits per heavy atom. The Hall–Kier alpha value is -2.70. The normalized spacial score (nSPS) is 15.1. The summed E-state index contributed by atoms with van der Waals surface area (Å²) in [6, 6.07) is 6.27. The Labute approximate surface area is 153 Å². The minimum Gasteiger partial charge on any atom is -0.353 e. The number of piperazine rings is 1. The molecule has 0 bridgehead atoms. The molecule has 7 heteroatoms. The van der Waals surface area contributed by atoms with Crippen molar-refractivity contribution in [2.75, 3.05) is 36.0 Å². The lowest BCUT2D eigenvalue weighted by molar-refractivity contribution is 0.630. The molecule has 0 saturated carbocycles. The van der Waals surface area contributed by atoms with Crippen LogP contribution in [0, 0.1) is 20.8 Å². The Kier molecular flexibility index (Phi) is 4.22. The van der Waals surface area contributed by atoms with Crippen LogP contribution in [-0.4, -0.2) is 50.7 Å². The molecule has 3 aromatic heterocycles. The van der Waals surface area contributed by atoms with E-state index in [1.807, 2.05) is 31.4 Å². The molecule has 1 saturated heterocycles. The second-order valence-electron chi connectivity index (χ2n) is 6.90. The molecule has 1 aliphatic rings. The number of hydrogen-bond donors (Lipinski definition) is 0. The van der Waals surface area contributed by atoms with Gasteiger partial charge in [0.15, 0.2) is 5.65 Å². The Bertz CT molecular complexity index is 938. The molecule has 0 spiro atoms. The van der Waals surface area contributed by atoms with Gasteiger partial charge in [-0.25, -0.2) is 15.0 Å². The Morgan fingerprint density at radius 1 is 0.846 bits per heavy atom. The number of nitrogens with zero attached hydrogens (tertiary/aromatic N) is 7. The number of aromatic nitrogens is 5. The first-order valence-electron chi connectivity index (χ1n) is 9.22. The highest BCUT2D eigenvalue weighted by Gasteiger charge is 2.21. The second-order valence-corrected chi connectivity index (χ2v) is 6.90. The van der Waals surface area contributed by atoms with Crippen molar-refractivity contribution in [2.45, 2.75) is 34.1 Å². The number of anilines is 2. The standard InChI is InChI=1S/C19H25N7/c1-5-16-12-17(22-15(4)21-16)24-6-8-25(9-7-24)19-11-13(2)20-18-10-14(3)23-26(18)19/h10-12H,5-9H2,1-4H3. The molecule has 7 nitrogen and oxygen atoms in total. The summed E-state index contributed by atoms with van der Waals surface area (Å²) in [6.45, 7) is 11.9. The molecule has 0 unspecified atom stereocenters. The molecule has 0 aromatic carbocycles. The van der Waals surface area contributed by atoms with Crippen molar-refractivity contribution in [1.29, 1.82) is 0 Å². The van der Waals surface area contributed by atoms with Gasteiger partial charge in [0.25, 0.3) is 0 Å². The number of hydrogen-bond acceptors (Lipinski definition) is 6. The van der Waals surface area contributed by atoms with Gasteiger partial charge in [0.2, 0.25) is 0 Å². The summed E-state index contributed by atoms with van der Waals surface area (Å²) in [5, 5.41) is 4.62. The largest absolute Gasteiger partial charge is 0.353 e. The van der Waals surface area contributed by atoms with Gasteiger partial charge in [-0.2, -0.15) is 9.61 Å². The summed E-state index contributed by atoms with van der Waals surface area (Å²) in [5.41, 5.74) is 4.03. The van der Waals surface area contributed by atoms with Crippen LogP contribution >= 0.6 is 0 Å². The zero-order valence-electron chi connectivity index (χ0n) is 15.9. The van der Waals surface area contributed by atoms with Gasteiger partial charge in [-0.05, 0) is 27.2 Å². The molecule has 136 valence electrons. The molecule has 4 rings (SSSR count). The molecule has 0 aliphatic carbocycles. The van der Waals surface area contributed by atoms with Crippen LogP contribution in [0.3, 0.4) is 0 Å². The highest BCUT2D eigenvalue weighted by Crippen LogP contribution is 2.22. The van der Waals surface area contributed by atoms with E-state index >= 15 is 0 Å². The Balaban J connectivity index is 1.57. The summed E-state index contributed by atoms with van der Waals surface area (Å²) in [5.74, 6) is 3.01. The zero-order valence-corrected chi connectivity index (χ0v) is 15.9. The monoisotopic (exact) mass is 351 g/mol. The summed E-state index contributed by atoms with van der Waals surface area (Å²) in [7, 11) is 0. The van der Waals surface area contributed by atoms with E-state index in [1.165, 1.54) is 0 Å². The SMILES string of the molecule is CCc1cc(N2CCN(c3cc(C)nc4cc(C)nn34)CC2)nc(C)n1. The molecule has 3 aromatic rings. The maximum absolute atomic E-state index is 4.64. The molecular formula is C19H25N7. The minimum atomic E-state index is 0.847. The van der Waals surface area contributed by atoms with Crippen LogP contribution in [0.15, 0.2) is 18.2 Å². The average molecular weight is 351 g/mol. The zero-order chi connectivity index (χ0) is 18.3. The van der Waals surface area contributed by atoms with E-state index < -0.39 is 0 Å². The van der Waals surface area contributed by atoms with Gasteiger partial charge in [0, 0.05) is 55.8 Å². The molecule has 0 atom stereocenters. The van der Waals surface area contributed by atoms with Crippen LogP contribution in [0.5, 0.6) is 0 Å². The average Bonchev–Trinajstić information content (AvgIpc) is 3.00. The second kappa shape index (κ2) is 6.55. The summed E-state index contributed by atoms with van der Waals surface area (Å²) < 4.78 is 1.96. The molecule has 0 radical (unpaired) electrons. The maximum atomic E-state index is 4.64. The predicted molar refractivity (Wildman–Crippen MR) is 103 cm³/mol. The predicted octanol–water partition coefficient (Wildman–Crippen LogP) is 2.33. The van der Waals surface area contributed by atoms with Crippen molar-refractivity contribution in [3.8, 4) is 0 Å². The smallest absolute Gasteiger partial charge is 0.157 e. The molecule has 26 heavy (non-hydrogen) atoms. The third-order valence-electron chi connectivity index (χ3n) is 4.83. The first kappa shape index (κ1) is 16.8. The molecule has 1 aliphatic heterocycles. The van der Waals surface area contributed by atoms with Crippen molar-refractivity contribution in [1.82, 2.24) is 24.6 Å². The van der Waals surface area contributed by atoms with Crippen molar-refractivity contribution in [3.05, 3.63) is 41.1 Å². The molecule has 1 fully saturated rings. The Morgan fingerprint density at radius 3 is 2.31 bits per heavy atom. The van der Waals surface area contributed by atoms with E-state index in [4.69, 9.17) is 0 Å². The maximum Gasteiger partial charge on any atom is 0.157 e. The molecule has 0 amide bonds. The third-order valence-corrected chi connectivity index (χ3v) is 4.83. The van der Waals surface area contributed by atoms with Crippen molar-refractivity contribution < 1.29 is 0 Å². The van der Waals surface area contributed by atoms with E-state index in [0.29, 0.717) is 0 Å². The summed E-state index contributed by atoms with van der Waals surface area (Å²) in [4.78, 5) is 18.5. The van der Waals surface area contributed by atoms with E-state index in [9.17, 15) is 0 Å². The van der Waals surface area contributed by atoms with Crippen molar-refractivity contribution in [3.63, 3.8) is 0 Å². The van der Waals surface area contributed by atoms with Crippen LogP contribution in [-0.2, 0) is 6.42 Å². The third kappa shape index (κ3) is 3.09. The number of rotatable bonds is 3. The van der Waals surface area contributed by atoms with E-state index in [1.54, 1.807) is 0 Å². The van der Waals surface area contributed by atoms with Gasteiger partial charge >= 0.3 is 0 Å². The summed E-state index contributed by atoms with van der Waals surface area (Å²) >= 11 is 0. The fourth-order valence-corrected chi connectivity index (χ4v) is 3.54. The van der Waals surface area contributed by atoms with E-state index in [0.717, 1.165) is 72.8 Å². The van der Waals surface area contributed by atoms with Gasteiger partial charge in [-0.1, -0.05) is 6.92 Å². The van der Waals surface area contributed by atoms with Crippen LogP contribution in [0.2, 0.25) is 0 Å². The van der Waals surface area contributed by atoms with Gasteiger partial charge in [0.05, 0.1) is 5.69 Å². The van der Waals surface area contributed by atoms with Crippen LogP contribution < -0.4 is 9.80 Å². The number of fused-ring (bicyclic) bond motifs is 1. The highest BCUT2D eigenvalue weighted by molar-refractivity contribution is 5.53. The first-order chi connectivity index (χ1) is 12.5. The summed E-state index contributed by atoms with van der Waals surface area (Å²) in [6.07, 6.45) is 0.934. The lowest BCUT2D eigenvalue weighted by Gasteiger charge is -2.36. The lowest BCUT2D eigenvalue weighted by Crippen LogP contribution is -2.47. The van der Waals surface area contributed by atoms with Crippen LogP contribution in [0.4, 0.5) is 11.6 Å². The van der Waals surface area contributed by atoms with Crippen LogP contribution in [0.25, 0.3) is 5.65 Å². The highest BCUT2D eigenvalue weighted by atomic mass is 15.4. The fourth-order valence-electron chi connectivity index (χ4n) is 3.54. The van der Waals surface area contributed by atoms with Gasteiger partial charge in [-0.15, -0.1) is 0 Å². The van der Waals surface area contributed by atoms with E-state index in [-0.39, 0.29) is 0 Å². The first-order valence-corrected chi connectivity index (χ1v) is 9.22. The van der Waals surface area contributed by atoms with Crippen molar-refractivity contribution >= 4 is 17.3 Å². The topological polar surface area (TPSA) is 62.5 Å². The van der Waals surface area contributed by atoms with Crippen LogP contribution in [0.1, 0.15) is 29.8 Å². The molecule has 4 heterocycles. The molecular weight excluding hydrogens is 326 g/mol. The van der Waals surface area contributed by atoms with Crippen molar-refractivity contribution in [2.24, 2.45) is 0 Å². The number of aryl methyl sites for hydroxylation is 4. The van der Waals surface area contributed by atoms with Gasteiger partial charge < -0.3 is 9.80 Å². The lowest BCUT2D eigenvalue weighted by atomic mass is 10.2. The van der Waals surface area contributed by atoms with E-state index in [2.05, 4.69) is 48.9 Å². The molecule has 0 N–H and O–H groups in total. The quantitative estimate of drug-likeness (QED) is 0.722.